The summed E-state index contributed by atoms with van der Waals surface area (Å²) in [4.78, 5) is 10.4. The van der Waals surface area contributed by atoms with Crippen LogP contribution in [0.2, 0.25) is 5.02 Å². The number of aliphatic hydroxyl groups excluding tert-OH is 1. The van der Waals surface area contributed by atoms with Gasteiger partial charge in [-0.05, 0) is 17.7 Å². The predicted octanol–water partition coefficient (Wildman–Crippen LogP) is 2.67. The van der Waals surface area contributed by atoms with Crippen LogP contribution < -0.4 is 0 Å². The Morgan fingerprint density at radius 2 is 1.81 bits per heavy atom. The van der Waals surface area contributed by atoms with Gasteiger partial charge < -0.3 is 5.11 Å². The molecule has 0 aliphatic carbocycles. The average molecular weight is 244 g/mol. The zero-order chi connectivity index (χ0) is 12.3. The molecular formula is C11H14ClNO3. The SMILES string of the molecule is CC(C)[C@@H]([C@@H](O)c1ccc(Cl)cc1)[N+](=O)[O-]. The molecule has 0 bridgehead atoms. The van der Waals surface area contributed by atoms with E-state index in [1.807, 2.05) is 0 Å². The Hall–Kier alpha value is -1.13. The van der Waals surface area contributed by atoms with Crippen molar-refractivity contribution < 1.29 is 10.0 Å². The molecule has 0 radical (unpaired) electrons. The second-order valence-electron chi connectivity index (χ2n) is 4.02. The Labute approximate surface area is 99.0 Å². The molecular weight excluding hydrogens is 230 g/mol. The van der Waals surface area contributed by atoms with Crippen LogP contribution in [0.4, 0.5) is 0 Å². The third-order valence-electron chi connectivity index (χ3n) is 2.46. The minimum absolute atomic E-state index is 0.235. The third kappa shape index (κ3) is 2.93. The van der Waals surface area contributed by atoms with Crippen LogP contribution in [0.5, 0.6) is 0 Å². The fraction of sp³-hybridized carbons (Fsp3) is 0.455. The van der Waals surface area contributed by atoms with Gasteiger partial charge in [0.15, 0.2) is 0 Å². The van der Waals surface area contributed by atoms with E-state index in [1.165, 1.54) is 0 Å². The van der Waals surface area contributed by atoms with Crippen molar-refractivity contribution in [3.63, 3.8) is 0 Å². The Balaban J connectivity index is 2.94. The largest absolute Gasteiger partial charge is 0.381 e. The summed E-state index contributed by atoms with van der Waals surface area (Å²) in [6.07, 6.45) is -1.10. The molecule has 1 aromatic rings. The van der Waals surface area contributed by atoms with Crippen LogP contribution >= 0.6 is 11.6 Å². The van der Waals surface area contributed by atoms with Crippen LogP contribution in [0.25, 0.3) is 0 Å². The predicted molar refractivity (Wildman–Crippen MR) is 62.0 cm³/mol. The lowest BCUT2D eigenvalue weighted by molar-refractivity contribution is -0.544. The average Bonchev–Trinajstić information content (AvgIpc) is 2.17. The van der Waals surface area contributed by atoms with Crippen molar-refractivity contribution >= 4 is 11.6 Å². The highest BCUT2D eigenvalue weighted by molar-refractivity contribution is 6.30. The van der Waals surface area contributed by atoms with Gasteiger partial charge in [0, 0.05) is 15.9 Å². The zero-order valence-electron chi connectivity index (χ0n) is 9.13. The smallest absolute Gasteiger partial charge is 0.244 e. The minimum Gasteiger partial charge on any atom is -0.381 e. The standard InChI is InChI=1S/C11H14ClNO3/c1-7(2)10(13(15)16)11(14)8-3-5-9(12)6-4-8/h3-7,10-11,14H,1-2H3/t10-,11-/m0/s1. The normalized spacial score (nSPS) is 14.8. The van der Waals surface area contributed by atoms with Crippen LogP contribution in [0.3, 0.4) is 0 Å². The summed E-state index contributed by atoms with van der Waals surface area (Å²) in [7, 11) is 0. The number of hydrogen-bond donors (Lipinski definition) is 1. The first-order valence-corrected chi connectivity index (χ1v) is 5.38. The maximum atomic E-state index is 10.8. The second-order valence-corrected chi connectivity index (χ2v) is 4.45. The van der Waals surface area contributed by atoms with Gasteiger partial charge in [-0.15, -0.1) is 0 Å². The van der Waals surface area contributed by atoms with Gasteiger partial charge in [0.1, 0.15) is 6.10 Å². The van der Waals surface area contributed by atoms with E-state index in [-0.39, 0.29) is 5.92 Å². The van der Waals surface area contributed by atoms with E-state index in [9.17, 15) is 15.2 Å². The van der Waals surface area contributed by atoms with Crippen LogP contribution in [0.1, 0.15) is 25.5 Å². The molecule has 1 rings (SSSR count). The lowest BCUT2D eigenvalue weighted by atomic mass is 9.94. The van der Waals surface area contributed by atoms with Gasteiger partial charge in [0.25, 0.3) is 0 Å². The lowest BCUT2D eigenvalue weighted by Gasteiger charge is -2.19. The molecule has 0 amide bonds. The first kappa shape index (κ1) is 12.9. The van der Waals surface area contributed by atoms with Gasteiger partial charge in [-0.1, -0.05) is 37.6 Å². The van der Waals surface area contributed by atoms with Crippen LogP contribution in [0, 0.1) is 16.0 Å². The number of rotatable bonds is 4. The van der Waals surface area contributed by atoms with E-state index in [0.717, 1.165) is 0 Å². The number of benzene rings is 1. The van der Waals surface area contributed by atoms with Crippen molar-refractivity contribution in [3.8, 4) is 0 Å². The topological polar surface area (TPSA) is 63.4 Å². The van der Waals surface area contributed by atoms with Crippen molar-refractivity contribution in [1.82, 2.24) is 0 Å². The molecule has 0 fully saturated rings. The number of hydrogen-bond acceptors (Lipinski definition) is 3. The Morgan fingerprint density at radius 3 is 2.19 bits per heavy atom. The number of nitrogens with zero attached hydrogens (tertiary/aromatic N) is 1. The van der Waals surface area contributed by atoms with Gasteiger partial charge in [-0.25, -0.2) is 0 Å². The van der Waals surface area contributed by atoms with E-state index in [2.05, 4.69) is 0 Å². The van der Waals surface area contributed by atoms with Crippen molar-refractivity contribution in [1.29, 1.82) is 0 Å². The van der Waals surface area contributed by atoms with Crippen LogP contribution in [-0.4, -0.2) is 16.1 Å². The quantitative estimate of drug-likeness (QED) is 0.653. The molecule has 0 saturated heterocycles. The summed E-state index contributed by atoms with van der Waals surface area (Å²) >= 11 is 5.71. The van der Waals surface area contributed by atoms with Gasteiger partial charge in [0.05, 0.1) is 0 Å². The summed E-state index contributed by atoms with van der Waals surface area (Å²) in [5, 5.41) is 21.3. The summed E-state index contributed by atoms with van der Waals surface area (Å²) < 4.78 is 0. The number of halogens is 1. The fourth-order valence-electron chi connectivity index (χ4n) is 1.58. The molecule has 0 heterocycles. The summed E-state index contributed by atoms with van der Waals surface area (Å²) in [6.45, 7) is 3.43. The van der Waals surface area contributed by atoms with Crippen molar-refractivity contribution in [3.05, 3.63) is 45.0 Å². The monoisotopic (exact) mass is 243 g/mol. The molecule has 1 aromatic carbocycles. The summed E-state index contributed by atoms with van der Waals surface area (Å²) in [5.41, 5.74) is 0.514. The van der Waals surface area contributed by atoms with Crippen LogP contribution in [-0.2, 0) is 0 Å². The summed E-state index contributed by atoms with van der Waals surface area (Å²) in [5.74, 6) is -0.235. The van der Waals surface area contributed by atoms with E-state index < -0.39 is 17.1 Å². The first-order valence-electron chi connectivity index (χ1n) is 5.00. The van der Waals surface area contributed by atoms with E-state index in [0.29, 0.717) is 10.6 Å². The van der Waals surface area contributed by atoms with E-state index in [4.69, 9.17) is 11.6 Å². The lowest BCUT2D eigenvalue weighted by Crippen LogP contribution is -2.32. The molecule has 16 heavy (non-hydrogen) atoms. The van der Waals surface area contributed by atoms with Crippen molar-refractivity contribution in [2.75, 3.05) is 0 Å². The molecule has 0 unspecified atom stereocenters. The van der Waals surface area contributed by atoms with Crippen LogP contribution in [0.15, 0.2) is 24.3 Å². The second kappa shape index (κ2) is 5.27. The van der Waals surface area contributed by atoms with Gasteiger partial charge in [-0.2, -0.15) is 0 Å². The Morgan fingerprint density at radius 1 is 1.31 bits per heavy atom. The van der Waals surface area contributed by atoms with E-state index in [1.54, 1.807) is 38.1 Å². The molecule has 5 heteroatoms. The molecule has 0 spiro atoms. The highest BCUT2D eigenvalue weighted by Crippen LogP contribution is 2.25. The summed E-state index contributed by atoms with van der Waals surface area (Å²) in [6, 6.07) is 5.42. The molecule has 0 aliphatic heterocycles. The van der Waals surface area contributed by atoms with Gasteiger partial charge in [-0.3, -0.25) is 10.1 Å². The fourth-order valence-corrected chi connectivity index (χ4v) is 1.71. The van der Waals surface area contributed by atoms with E-state index >= 15 is 0 Å². The van der Waals surface area contributed by atoms with Gasteiger partial charge >= 0.3 is 0 Å². The molecule has 0 aliphatic rings. The maximum Gasteiger partial charge on any atom is 0.244 e. The maximum absolute atomic E-state index is 10.8. The van der Waals surface area contributed by atoms with Crippen molar-refractivity contribution in [2.45, 2.75) is 26.0 Å². The van der Waals surface area contributed by atoms with Crippen molar-refractivity contribution in [2.24, 2.45) is 5.92 Å². The Bertz CT molecular complexity index is 364. The molecule has 88 valence electrons. The number of nitro groups is 1. The highest BCUT2D eigenvalue weighted by Gasteiger charge is 2.34. The van der Waals surface area contributed by atoms with Gasteiger partial charge in [0.2, 0.25) is 6.04 Å². The molecule has 2 atom stereocenters. The minimum atomic E-state index is -1.10. The highest BCUT2D eigenvalue weighted by atomic mass is 35.5. The molecule has 0 aromatic heterocycles. The molecule has 4 nitrogen and oxygen atoms in total. The first-order chi connectivity index (χ1) is 7.43. The zero-order valence-corrected chi connectivity index (χ0v) is 9.89. The Kier molecular flexibility index (Phi) is 4.26. The molecule has 1 N–H and O–H groups in total. The number of aliphatic hydroxyl groups is 1. The third-order valence-corrected chi connectivity index (χ3v) is 2.71. The molecule has 0 saturated carbocycles.